The molecule has 1 atom stereocenters. The number of benzene rings is 1. The van der Waals surface area contributed by atoms with E-state index in [0.29, 0.717) is 29.9 Å². The summed E-state index contributed by atoms with van der Waals surface area (Å²) in [6.07, 6.45) is 2.88. The van der Waals surface area contributed by atoms with E-state index in [1.807, 2.05) is 19.1 Å². The van der Waals surface area contributed by atoms with Gasteiger partial charge in [0.2, 0.25) is 0 Å². The van der Waals surface area contributed by atoms with E-state index in [-0.39, 0.29) is 5.91 Å². The monoisotopic (exact) mass is 310 g/mol. The van der Waals surface area contributed by atoms with Crippen molar-refractivity contribution < 1.29 is 14.7 Å². The number of carboxylic acids is 1. The molecule has 0 spiro atoms. The van der Waals surface area contributed by atoms with Crippen LogP contribution < -0.4 is 4.90 Å². The summed E-state index contributed by atoms with van der Waals surface area (Å²) in [5.41, 5.74) is 2.80. The van der Waals surface area contributed by atoms with E-state index in [0.717, 1.165) is 12.0 Å². The van der Waals surface area contributed by atoms with Gasteiger partial charge in [0.1, 0.15) is 5.69 Å². The Morgan fingerprint density at radius 2 is 2.09 bits per heavy atom. The molecule has 1 aromatic heterocycles. The van der Waals surface area contributed by atoms with Crippen molar-refractivity contribution in [2.45, 2.75) is 25.7 Å². The molecular weight excluding hydrogens is 292 g/mol. The van der Waals surface area contributed by atoms with Crippen molar-refractivity contribution >= 4 is 17.6 Å². The van der Waals surface area contributed by atoms with Crippen LogP contribution in [0, 0.1) is 0 Å². The second-order valence-electron chi connectivity index (χ2n) is 5.60. The van der Waals surface area contributed by atoms with Crippen LogP contribution >= 0.6 is 0 Å². The lowest BCUT2D eigenvalue weighted by molar-refractivity contribution is -0.139. The molecule has 5 heteroatoms. The highest BCUT2D eigenvalue weighted by molar-refractivity contribution is 6.06. The van der Waals surface area contributed by atoms with Crippen molar-refractivity contribution in [2.24, 2.45) is 0 Å². The Morgan fingerprint density at radius 1 is 1.30 bits per heavy atom. The van der Waals surface area contributed by atoms with Gasteiger partial charge in [-0.15, -0.1) is 0 Å². The molecule has 0 saturated heterocycles. The minimum atomic E-state index is -0.851. The van der Waals surface area contributed by atoms with Crippen LogP contribution in [0.3, 0.4) is 0 Å². The average molecular weight is 310 g/mol. The number of anilines is 1. The molecule has 0 fully saturated rings. The molecule has 1 aromatic carbocycles. The fourth-order valence-corrected chi connectivity index (χ4v) is 2.98. The summed E-state index contributed by atoms with van der Waals surface area (Å²) in [4.78, 5) is 30.1. The zero-order valence-corrected chi connectivity index (χ0v) is 12.9. The normalized spacial score (nSPS) is 16.7. The number of nitrogens with zero attached hydrogens (tertiary/aromatic N) is 2. The van der Waals surface area contributed by atoms with Gasteiger partial charge >= 0.3 is 5.97 Å². The maximum Gasteiger partial charge on any atom is 0.311 e. The number of aromatic nitrogens is 1. The topological polar surface area (TPSA) is 70.5 Å². The van der Waals surface area contributed by atoms with Gasteiger partial charge in [0.25, 0.3) is 5.91 Å². The maximum absolute atomic E-state index is 12.8. The van der Waals surface area contributed by atoms with Crippen LogP contribution in [0.2, 0.25) is 0 Å². The standard InChI is InChI=1S/C18H18N2O3/c1-2-12-7-9-19-15(11-12)17(21)20-10-8-14(18(22)23)13-5-3-4-6-16(13)20/h3-7,9,11,14H,2,8,10H2,1H3,(H,22,23). The number of carboxylic acid groups (broad SMARTS) is 1. The largest absolute Gasteiger partial charge is 0.481 e. The third kappa shape index (κ3) is 2.82. The fourth-order valence-electron chi connectivity index (χ4n) is 2.98. The summed E-state index contributed by atoms with van der Waals surface area (Å²) >= 11 is 0. The number of hydrogen-bond donors (Lipinski definition) is 1. The first-order valence-corrected chi connectivity index (χ1v) is 7.70. The minimum Gasteiger partial charge on any atom is -0.481 e. The van der Waals surface area contributed by atoms with Crippen LogP contribution in [0.15, 0.2) is 42.6 Å². The van der Waals surface area contributed by atoms with Gasteiger partial charge in [-0.25, -0.2) is 0 Å². The van der Waals surface area contributed by atoms with Crippen molar-refractivity contribution in [1.82, 2.24) is 4.98 Å². The molecule has 1 aliphatic heterocycles. The predicted octanol–water partition coefficient (Wildman–Crippen LogP) is 2.86. The van der Waals surface area contributed by atoms with Gasteiger partial charge in [-0.05, 0) is 42.2 Å². The molecule has 3 rings (SSSR count). The van der Waals surface area contributed by atoms with Crippen molar-refractivity contribution in [3.63, 3.8) is 0 Å². The van der Waals surface area contributed by atoms with E-state index in [1.165, 1.54) is 0 Å². The van der Waals surface area contributed by atoms with Gasteiger partial charge in [0.05, 0.1) is 5.92 Å². The van der Waals surface area contributed by atoms with Crippen molar-refractivity contribution in [3.8, 4) is 0 Å². The predicted molar refractivity (Wildman–Crippen MR) is 86.7 cm³/mol. The third-order valence-electron chi connectivity index (χ3n) is 4.24. The molecule has 0 bridgehead atoms. The summed E-state index contributed by atoms with van der Waals surface area (Å²) in [7, 11) is 0. The van der Waals surface area contributed by atoms with Gasteiger partial charge < -0.3 is 10.0 Å². The molecule has 1 unspecified atom stereocenters. The molecule has 23 heavy (non-hydrogen) atoms. The Labute approximate surface area is 134 Å². The Hall–Kier alpha value is -2.69. The Morgan fingerprint density at radius 3 is 2.83 bits per heavy atom. The highest BCUT2D eigenvalue weighted by Crippen LogP contribution is 2.35. The molecule has 1 aliphatic rings. The van der Waals surface area contributed by atoms with Crippen LogP contribution in [-0.2, 0) is 11.2 Å². The lowest BCUT2D eigenvalue weighted by Gasteiger charge is -2.32. The summed E-state index contributed by atoms with van der Waals surface area (Å²) in [5.74, 6) is -1.60. The number of rotatable bonds is 3. The zero-order chi connectivity index (χ0) is 16.4. The molecule has 2 aromatic rings. The smallest absolute Gasteiger partial charge is 0.311 e. The second-order valence-corrected chi connectivity index (χ2v) is 5.60. The van der Waals surface area contributed by atoms with Crippen LogP contribution in [0.1, 0.15) is 40.9 Å². The first kappa shape index (κ1) is 15.2. The first-order chi connectivity index (χ1) is 11.1. The Bertz CT molecular complexity index is 757. The zero-order valence-electron chi connectivity index (χ0n) is 12.9. The number of pyridine rings is 1. The lowest BCUT2D eigenvalue weighted by atomic mass is 9.90. The van der Waals surface area contributed by atoms with Crippen molar-refractivity contribution in [3.05, 3.63) is 59.4 Å². The van der Waals surface area contributed by atoms with Crippen LogP contribution in [0.5, 0.6) is 0 Å². The average Bonchev–Trinajstić information content (AvgIpc) is 2.60. The number of aryl methyl sites for hydroxylation is 1. The van der Waals surface area contributed by atoms with Gasteiger partial charge in [-0.3, -0.25) is 14.6 Å². The van der Waals surface area contributed by atoms with Gasteiger partial charge in [-0.2, -0.15) is 0 Å². The molecule has 0 aliphatic carbocycles. The fraction of sp³-hybridized carbons (Fsp3) is 0.278. The number of carbonyl (C=O) groups excluding carboxylic acids is 1. The Kier molecular flexibility index (Phi) is 4.10. The molecule has 5 nitrogen and oxygen atoms in total. The molecular formula is C18H18N2O3. The van der Waals surface area contributed by atoms with Crippen molar-refractivity contribution in [1.29, 1.82) is 0 Å². The van der Waals surface area contributed by atoms with Crippen LogP contribution in [-0.4, -0.2) is 28.5 Å². The van der Waals surface area contributed by atoms with Gasteiger partial charge in [0.15, 0.2) is 0 Å². The third-order valence-corrected chi connectivity index (χ3v) is 4.24. The first-order valence-electron chi connectivity index (χ1n) is 7.70. The van der Waals surface area contributed by atoms with E-state index in [2.05, 4.69) is 4.98 Å². The highest BCUT2D eigenvalue weighted by Gasteiger charge is 2.33. The SMILES string of the molecule is CCc1ccnc(C(=O)N2CCC(C(=O)O)c3ccccc32)c1. The molecule has 118 valence electrons. The van der Waals surface area contributed by atoms with E-state index in [1.54, 1.807) is 35.4 Å². The maximum atomic E-state index is 12.8. The van der Waals surface area contributed by atoms with Gasteiger partial charge in [-0.1, -0.05) is 25.1 Å². The molecule has 0 radical (unpaired) electrons. The summed E-state index contributed by atoms with van der Waals surface area (Å²) in [6, 6.07) is 10.9. The molecule has 1 N–H and O–H groups in total. The number of para-hydroxylation sites is 1. The summed E-state index contributed by atoms with van der Waals surface area (Å²) < 4.78 is 0. The second kappa shape index (κ2) is 6.20. The number of fused-ring (bicyclic) bond motifs is 1. The van der Waals surface area contributed by atoms with E-state index < -0.39 is 11.9 Å². The van der Waals surface area contributed by atoms with Crippen LogP contribution in [0.4, 0.5) is 5.69 Å². The number of hydrogen-bond acceptors (Lipinski definition) is 3. The summed E-state index contributed by atoms with van der Waals surface area (Å²) in [5, 5.41) is 9.38. The lowest BCUT2D eigenvalue weighted by Crippen LogP contribution is -2.38. The van der Waals surface area contributed by atoms with Crippen LogP contribution in [0.25, 0.3) is 0 Å². The number of carbonyl (C=O) groups is 2. The highest BCUT2D eigenvalue weighted by atomic mass is 16.4. The summed E-state index contributed by atoms with van der Waals surface area (Å²) in [6.45, 7) is 2.40. The van der Waals surface area contributed by atoms with Gasteiger partial charge in [0, 0.05) is 18.4 Å². The number of amides is 1. The van der Waals surface area contributed by atoms with E-state index in [4.69, 9.17) is 0 Å². The quantitative estimate of drug-likeness (QED) is 0.946. The van der Waals surface area contributed by atoms with Crippen molar-refractivity contribution in [2.75, 3.05) is 11.4 Å². The van der Waals surface area contributed by atoms with E-state index >= 15 is 0 Å². The Balaban J connectivity index is 1.98. The van der Waals surface area contributed by atoms with E-state index in [9.17, 15) is 14.7 Å². The molecule has 1 amide bonds. The molecule has 0 saturated carbocycles. The minimum absolute atomic E-state index is 0.184. The molecule has 2 heterocycles. The number of aliphatic carboxylic acids is 1.